The molecule has 31 heavy (non-hydrogen) atoms. The van der Waals surface area contributed by atoms with Gasteiger partial charge >= 0.3 is 0 Å². The van der Waals surface area contributed by atoms with E-state index in [-0.39, 0.29) is 17.9 Å². The maximum atomic E-state index is 13.2. The van der Waals surface area contributed by atoms with E-state index in [1.807, 2.05) is 36.1 Å². The lowest BCUT2D eigenvalue weighted by Gasteiger charge is -2.34. The number of rotatable bonds is 4. The second kappa shape index (κ2) is 9.47. The minimum atomic E-state index is -0.200. The van der Waals surface area contributed by atoms with Gasteiger partial charge in [0.2, 0.25) is 0 Å². The minimum absolute atomic E-state index is 0.0163. The van der Waals surface area contributed by atoms with Crippen LogP contribution in [-0.2, 0) is 0 Å². The van der Waals surface area contributed by atoms with Crippen LogP contribution in [0.4, 0.5) is 11.5 Å². The van der Waals surface area contributed by atoms with E-state index in [2.05, 4.69) is 27.4 Å². The van der Waals surface area contributed by atoms with Gasteiger partial charge in [0.05, 0.1) is 11.3 Å². The van der Waals surface area contributed by atoms with Crippen LogP contribution >= 0.6 is 0 Å². The Bertz CT molecular complexity index is 937. The molecular formula is C24H31N5O2. The number of piperazine rings is 1. The molecule has 2 saturated heterocycles. The zero-order valence-corrected chi connectivity index (χ0v) is 18.4. The molecule has 2 amide bonds. The Hall–Kier alpha value is -2.93. The zero-order valence-electron chi connectivity index (χ0n) is 18.4. The van der Waals surface area contributed by atoms with Gasteiger partial charge in [0.1, 0.15) is 0 Å². The van der Waals surface area contributed by atoms with E-state index >= 15 is 0 Å². The number of aryl methyl sites for hydroxylation is 1. The molecule has 4 rings (SSSR count). The maximum Gasteiger partial charge on any atom is 0.255 e. The number of hydrogen-bond acceptors (Lipinski definition) is 5. The quantitative estimate of drug-likeness (QED) is 0.793. The fourth-order valence-corrected chi connectivity index (χ4v) is 4.26. The van der Waals surface area contributed by atoms with E-state index in [1.54, 1.807) is 12.3 Å². The molecule has 2 aliphatic rings. The number of carbonyl (C=O) groups is 2. The molecule has 3 heterocycles. The number of benzene rings is 1. The van der Waals surface area contributed by atoms with Gasteiger partial charge in [-0.2, -0.15) is 0 Å². The molecule has 0 aliphatic carbocycles. The van der Waals surface area contributed by atoms with Gasteiger partial charge in [-0.25, -0.2) is 4.98 Å². The molecule has 1 unspecified atom stereocenters. The highest BCUT2D eigenvalue weighted by Crippen LogP contribution is 2.27. The second-order valence-electron chi connectivity index (χ2n) is 8.50. The lowest BCUT2D eigenvalue weighted by Crippen LogP contribution is -2.44. The Kier molecular flexibility index (Phi) is 6.51. The molecule has 0 bridgehead atoms. The van der Waals surface area contributed by atoms with Gasteiger partial charge < -0.3 is 20.4 Å². The second-order valence-corrected chi connectivity index (χ2v) is 8.50. The molecule has 7 nitrogen and oxygen atoms in total. The van der Waals surface area contributed by atoms with Crippen molar-refractivity contribution in [1.82, 2.24) is 15.2 Å². The van der Waals surface area contributed by atoms with Crippen molar-refractivity contribution in [2.75, 3.05) is 42.9 Å². The lowest BCUT2D eigenvalue weighted by molar-refractivity contribution is 0.0635. The van der Waals surface area contributed by atoms with E-state index in [0.717, 1.165) is 57.5 Å². The summed E-state index contributed by atoms with van der Waals surface area (Å²) in [6.07, 6.45) is 4.86. The van der Waals surface area contributed by atoms with Crippen LogP contribution in [0.2, 0.25) is 0 Å². The summed E-state index contributed by atoms with van der Waals surface area (Å²) in [5, 5.41) is 6.35. The zero-order chi connectivity index (χ0) is 21.8. The molecule has 2 aromatic rings. The van der Waals surface area contributed by atoms with Crippen LogP contribution in [0, 0.1) is 6.92 Å². The molecule has 1 atom stereocenters. The number of nitrogens with zero attached hydrogens (tertiary/aromatic N) is 3. The van der Waals surface area contributed by atoms with E-state index in [0.29, 0.717) is 22.6 Å². The first-order valence-electron chi connectivity index (χ1n) is 11.2. The number of carbonyl (C=O) groups excluding carboxylic acids is 2. The van der Waals surface area contributed by atoms with E-state index in [9.17, 15) is 9.59 Å². The standard InChI is InChI=1S/C24H31N5O2/c1-17-6-8-19(9-7-17)23(30)27-21-15-20(24(31)29-12-4-3-5-18(29)2)16-26-22(21)28-13-10-25-11-14-28/h6-9,15-16,18,25H,3-5,10-14H2,1-2H3,(H,27,30). The smallest absolute Gasteiger partial charge is 0.255 e. The summed E-state index contributed by atoms with van der Waals surface area (Å²) < 4.78 is 0. The van der Waals surface area contributed by atoms with Crippen molar-refractivity contribution in [3.8, 4) is 0 Å². The summed E-state index contributed by atoms with van der Waals surface area (Å²) in [6.45, 7) is 8.18. The molecule has 0 radical (unpaired) electrons. The normalized spacial score (nSPS) is 19.2. The summed E-state index contributed by atoms with van der Waals surface area (Å²) in [5.74, 6) is 0.497. The van der Waals surface area contributed by atoms with Crippen molar-refractivity contribution in [2.24, 2.45) is 0 Å². The topological polar surface area (TPSA) is 77.6 Å². The van der Waals surface area contributed by atoms with Gasteiger partial charge in [-0.15, -0.1) is 0 Å². The summed E-state index contributed by atoms with van der Waals surface area (Å²) in [7, 11) is 0. The number of likely N-dealkylation sites (tertiary alicyclic amines) is 1. The van der Waals surface area contributed by atoms with Crippen LogP contribution in [0.15, 0.2) is 36.5 Å². The largest absolute Gasteiger partial charge is 0.352 e. The maximum absolute atomic E-state index is 13.2. The number of nitrogens with one attached hydrogen (secondary N) is 2. The molecule has 1 aromatic carbocycles. The average Bonchev–Trinajstić information content (AvgIpc) is 2.80. The summed E-state index contributed by atoms with van der Waals surface area (Å²) in [6, 6.07) is 9.48. The van der Waals surface area contributed by atoms with Crippen molar-refractivity contribution >= 4 is 23.3 Å². The predicted molar refractivity (Wildman–Crippen MR) is 123 cm³/mol. The fourth-order valence-electron chi connectivity index (χ4n) is 4.26. The Morgan fingerprint density at radius 1 is 1.06 bits per heavy atom. The SMILES string of the molecule is Cc1ccc(C(=O)Nc2cc(C(=O)N3CCCCC3C)cnc2N2CCNCC2)cc1. The third-order valence-electron chi connectivity index (χ3n) is 6.16. The predicted octanol–water partition coefficient (Wildman–Crippen LogP) is 3.07. The number of piperidine rings is 1. The number of amides is 2. The first-order chi connectivity index (χ1) is 15.0. The van der Waals surface area contributed by atoms with Gasteiger partial charge in [-0.1, -0.05) is 17.7 Å². The summed E-state index contributed by atoms with van der Waals surface area (Å²) >= 11 is 0. The van der Waals surface area contributed by atoms with Crippen LogP contribution in [0.25, 0.3) is 0 Å². The number of anilines is 2. The first kappa shape index (κ1) is 21.3. The third kappa shape index (κ3) is 4.88. The summed E-state index contributed by atoms with van der Waals surface area (Å²) in [4.78, 5) is 34.8. The van der Waals surface area contributed by atoms with E-state index in [4.69, 9.17) is 0 Å². The van der Waals surface area contributed by atoms with Crippen LogP contribution in [0.1, 0.15) is 52.5 Å². The molecule has 1 aromatic heterocycles. The van der Waals surface area contributed by atoms with Gasteiger partial charge in [0.25, 0.3) is 11.8 Å². The van der Waals surface area contributed by atoms with Crippen LogP contribution in [-0.4, -0.2) is 60.5 Å². The highest BCUT2D eigenvalue weighted by molar-refractivity contribution is 6.06. The van der Waals surface area contributed by atoms with E-state index in [1.165, 1.54) is 0 Å². The molecule has 2 aliphatic heterocycles. The Morgan fingerprint density at radius 3 is 2.52 bits per heavy atom. The minimum Gasteiger partial charge on any atom is -0.352 e. The average molecular weight is 422 g/mol. The molecule has 164 valence electrons. The summed E-state index contributed by atoms with van der Waals surface area (Å²) in [5.41, 5.74) is 2.79. The Morgan fingerprint density at radius 2 is 1.81 bits per heavy atom. The first-order valence-corrected chi connectivity index (χ1v) is 11.2. The number of pyridine rings is 1. The number of hydrogen-bond donors (Lipinski definition) is 2. The Balaban J connectivity index is 1.63. The lowest BCUT2D eigenvalue weighted by atomic mass is 10.0. The molecule has 0 spiro atoms. The van der Waals surface area contributed by atoms with Gasteiger partial charge in [0, 0.05) is 50.5 Å². The molecule has 7 heteroatoms. The van der Waals surface area contributed by atoms with Gasteiger partial charge in [-0.3, -0.25) is 9.59 Å². The van der Waals surface area contributed by atoms with Gasteiger partial charge in [-0.05, 0) is 51.3 Å². The molecule has 0 saturated carbocycles. The molecule has 2 fully saturated rings. The van der Waals surface area contributed by atoms with Crippen LogP contribution in [0.3, 0.4) is 0 Å². The highest BCUT2D eigenvalue weighted by atomic mass is 16.2. The van der Waals surface area contributed by atoms with Crippen molar-refractivity contribution in [2.45, 2.75) is 39.2 Å². The fraction of sp³-hybridized carbons (Fsp3) is 0.458. The molecule has 2 N–H and O–H groups in total. The van der Waals surface area contributed by atoms with Crippen molar-refractivity contribution in [1.29, 1.82) is 0 Å². The van der Waals surface area contributed by atoms with Crippen LogP contribution < -0.4 is 15.5 Å². The van der Waals surface area contributed by atoms with Crippen molar-refractivity contribution in [3.05, 3.63) is 53.2 Å². The van der Waals surface area contributed by atoms with Crippen molar-refractivity contribution in [3.63, 3.8) is 0 Å². The van der Waals surface area contributed by atoms with Crippen molar-refractivity contribution < 1.29 is 9.59 Å². The van der Waals surface area contributed by atoms with E-state index < -0.39 is 0 Å². The third-order valence-corrected chi connectivity index (χ3v) is 6.16. The van der Waals surface area contributed by atoms with Crippen LogP contribution in [0.5, 0.6) is 0 Å². The Labute approximate surface area is 183 Å². The number of aromatic nitrogens is 1. The highest BCUT2D eigenvalue weighted by Gasteiger charge is 2.26. The monoisotopic (exact) mass is 421 g/mol. The van der Waals surface area contributed by atoms with Gasteiger partial charge in [0.15, 0.2) is 5.82 Å². The molecular weight excluding hydrogens is 390 g/mol.